The minimum atomic E-state index is -0.140. The van der Waals surface area contributed by atoms with Gasteiger partial charge in [0.15, 0.2) is 0 Å². The van der Waals surface area contributed by atoms with Crippen molar-refractivity contribution in [3.05, 3.63) is 22.2 Å². The van der Waals surface area contributed by atoms with Crippen molar-refractivity contribution < 1.29 is 9.26 Å². The average molecular weight is 294 g/mol. The Morgan fingerprint density at radius 2 is 2.14 bits per heavy atom. The van der Waals surface area contributed by atoms with E-state index in [1.165, 1.54) is 32.1 Å². The van der Waals surface area contributed by atoms with Gasteiger partial charge in [0.1, 0.15) is 5.76 Å². The Kier molecular flexibility index (Phi) is 4.80. The van der Waals surface area contributed by atoms with Gasteiger partial charge >= 0.3 is 0 Å². The van der Waals surface area contributed by atoms with Crippen LogP contribution >= 0.6 is 0 Å². The van der Waals surface area contributed by atoms with Gasteiger partial charge in [-0.2, -0.15) is 5.16 Å². The lowest BCUT2D eigenvalue weighted by Crippen LogP contribution is -2.42. The van der Waals surface area contributed by atoms with Crippen molar-refractivity contribution in [1.29, 1.82) is 0 Å². The zero-order chi connectivity index (χ0) is 14.7. The van der Waals surface area contributed by atoms with Gasteiger partial charge in [-0.05, 0) is 39.3 Å². The molecule has 1 aromatic heterocycles. The van der Waals surface area contributed by atoms with Crippen LogP contribution in [0.15, 0.2) is 15.4 Å². The number of H-pyrrole nitrogens is 1. The van der Waals surface area contributed by atoms with Gasteiger partial charge in [0.25, 0.3) is 5.56 Å². The third-order valence-electron chi connectivity index (χ3n) is 5.03. The molecule has 0 aromatic carbocycles. The molecule has 3 rings (SSSR count). The van der Waals surface area contributed by atoms with Gasteiger partial charge in [0, 0.05) is 18.0 Å². The second-order valence-corrected chi connectivity index (χ2v) is 6.56. The number of likely N-dealkylation sites (N-methyl/N-ethyl adjacent to an activating group) is 1. The number of rotatable bonds is 4. The molecule has 2 heterocycles. The predicted octanol–water partition coefficient (Wildman–Crippen LogP) is 2.50. The van der Waals surface area contributed by atoms with Crippen LogP contribution < -0.4 is 5.56 Å². The third-order valence-corrected chi connectivity index (χ3v) is 5.03. The molecule has 1 aliphatic carbocycles. The minimum Gasteiger partial charge on any atom is -0.383 e. The van der Waals surface area contributed by atoms with Gasteiger partial charge in [-0.3, -0.25) is 4.79 Å². The van der Waals surface area contributed by atoms with E-state index in [4.69, 9.17) is 9.26 Å². The standard InChI is InChI=1S/C16H26N2O3/c1-18-8-7-12(15-10-16(19)17-21-15)9-13(18)11-20-14-5-3-2-4-6-14/h10,12-14H,2-9,11H2,1H3,(H,17,19)/t12-,13-/m0/s1. The summed E-state index contributed by atoms with van der Waals surface area (Å²) in [5.41, 5.74) is -0.140. The number of ether oxygens (including phenoxy) is 1. The molecule has 5 nitrogen and oxygen atoms in total. The van der Waals surface area contributed by atoms with Gasteiger partial charge in [-0.25, -0.2) is 0 Å². The Labute approximate surface area is 125 Å². The average Bonchev–Trinajstić information content (AvgIpc) is 2.94. The molecular formula is C16H26N2O3. The zero-order valence-electron chi connectivity index (χ0n) is 12.8. The first-order chi connectivity index (χ1) is 10.2. The van der Waals surface area contributed by atoms with E-state index in [-0.39, 0.29) is 5.56 Å². The third kappa shape index (κ3) is 3.77. The Bertz CT molecular complexity index is 490. The lowest BCUT2D eigenvalue weighted by Gasteiger charge is -2.37. The fourth-order valence-corrected chi connectivity index (χ4v) is 3.60. The summed E-state index contributed by atoms with van der Waals surface area (Å²) in [4.78, 5) is 13.6. The Morgan fingerprint density at radius 1 is 1.33 bits per heavy atom. The van der Waals surface area contributed by atoms with E-state index in [2.05, 4.69) is 17.1 Å². The van der Waals surface area contributed by atoms with E-state index in [9.17, 15) is 4.79 Å². The molecule has 0 bridgehead atoms. The molecule has 0 spiro atoms. The molecule has 2 atom stereocenters. The summed E-state index contributed by atoms with van der Waals surface area (Å²) in [7, 11) is 2.17. The summed E-state index contributed by atoms with van der Waals surface area (Å²) in [5.74, 6) is 1.14. The summed E-state index contributed by atoms with van der Waals surface area (Å²) < 4.78 is 11.4. The Hall–Kier alpha value is -1.07. The summed E-state index contributed by atoms with van der Waals surface area (Å²) in [6.07, 6.45) is 8.90. The van der Waals surface area contributed by atoms with Crippen molar-refractivity contribution >= 4 is 0 Å². The fourth-order valence-electron chi connectivity index (χ4n) is 3.60. The number of nitrogens with one attached hydrogen (secondary N) is 1. The van der Waals surface area contributed by atoms with Crippen LogP contribution in [0.25, 0.3) is 0 Å². The van der Waals surface area contributed by atoms with E-state index in [0.29, 0.717) is 18.1 Å². The lowest BCUT2D eigenvalue weighted by atomic mass is 9.89. The maximum Gasteiger partial charge on any atom is 0.280 e. The number of nitrogens with zero attached hydrogens (tertiary/aromatic N) is 1. The summed E-state index contributed by atoms with van der Waals surface area (Å²) in [5, 5.41) is 2.40. The van der Waals surface area contributed by atoms with Crippen molar-refractivity contribution in [2.24, 2.45) is 0 Å². The Balaban J connectivity index is 1.54. The van der Waals surface area contributed by atoms with Crippen LogP contribution in [0.1, 0.15) is 56.6 Å². The molecule has 2 aliphatic rings. The first-order valence-corrected chi connectivity index (χ1v) is 8.22. The normalized spacial score (nSPS) is 28.8. The van der Waals surface area contributed by atoms with E-state index >= 15 is 0 Å². The molecule has 1 saturated carbocycles. The molecule has 0 amide bonds. The van der Waals surface area contributed by atoms with Gasteiger partial charge in [0.05, 0.1) is 12.7 Å². The van der Waals surface area contributed by atoms with Crippen LogP contribution in [0.5, 0.6) is 0 Å². The monoisotopic (exact) mass is 294 g/mol. The van der Waals surface area contributed by atoms with Gasteiger partial charge in [0.2, 0.25) is 0 Å². The van der Waals surface area contributed by atoms with Crippen LogP contribution in [0.2, 0.25) is 0 Å². The second-order valence-electron chi connectivity index (χ2n) is 6.56. The SMILES string of the molecule is CN1CC[C@H](c2cc(=O)[nH]o2)C[C@H]1COC1CCCCC1. The molecular weight excluding hydrogens is 268 g/mol. The summed E-state index contributed by atoms with van der Waals surface area (Å²) in [6, 6.07) is 2.01. The van der Waals surface area contributed by atoms with Crippen LogP contribution in [0.3, 0.4) is 0 Å². The minimum absolute atomic E-state index is 0.140. The fraction of sp³-hybridized carbons (Fsp3) is 0.812. The van der Waals surface area contributed by atoms with E-state index < -0.39 is 0 Å². The Morgan fingerprint density at radius 3 is 2.86 bits per heavy atom. The first kappa shape index (κ1) is 14.9. The highest BCUT2D eigenvalue weighted by molar-refractivity contribution is 5.05. The highest BCUT2D eigenvalue weighted by atomic mass is 16.5. The largest absolute Gasteiger partial charge is 0.383 e. The molecule has 0 unspecified atom stereocenters. The highest BCUT2D eigenvalue weighted by Crippen LogP contribution is 2.31. The molecule has 1 saturated heterocycles. The number of piperidine rings is 1. The van der Waals surface area contributed by atoms with E-state index in [0.717, 1.165) is 31.8 Å². The molecule has 1 aliphatic heterocycles. The number of aromatic nitrogens is 1. The number of aromatic amines is 1. The van der Waals surface area contributed by atoms with E-state index in [1.54, 1.807) is 6.07 Å². The highest BCUT2D eigenvalue weighted by Gasteiger charge is 2.30. The topological polar surface area (TPSA) is 58.5 Å². The summed E-state index contributed by atoms with van der Waals surface area (Å²) in [6.45, 7) is 1.82. The number of hydrogen-bond acceptors (Lipinski definition) is 4. The van der Waals surface area contributed by atoms with Crippen molar-refractivity contribution in [3.63, 3.8) is 0 Å². The first-order valence-electron chi connectivity index (χ1n) is 8.22. The quantitative estimate of drug-likeness (QED) is 0.927. The maximum absolute atomic E-state index is 11.2. The van der Waals surface area contributed by atoms with Gasteiger partial charge < -0.3 is 14.2 Å². The maximum atomic E-state index is 11.2. The number of likely N-dealkylation sites (tertiary alicyclic amines) is 1. The van der Waals surface area contributed by atoms with E-state index in [1.807, 2.05) is 0 Å². The van der Waals surface area contributed by atoms with Crippen LogP contribution in [0, 0.1) is 0 Å². The molecule has 1 aromatic rings. The van der Waals surface area contributed by atoms with Gasteiger partial charge in [-0.15, -0.1) is 0 Å². The summed E-state index contributed by atoms with van der Waals surface area (Å²) >= 11 is 0. The molecule has 21 heavy (non-hydrogen) atoms. The molecule has 118 valence electrons. The molecule has 1 N–H and O–H groups in total. The van der Waals surface area contributed by atoms with Crippen LogP contribution in [-0.4, -0.2) is 42.4 Å². The van der Waals surface area contributed by atoms with Crippen LogP contribution in [0.4, 0.5) is 0 Å². The molecule has 2 fully saturated rings. The zero-order valence-corrected chi connectivity index (χ0v) is 12.8. The van der Waals surface area contributed by atoms with Crippen molar-refractivity contribution in [3.8, 4) is 0 Å². The van der Waals surface area contributed by atoms with Crippen molar-refractivity contribution in [2.45, 2.75) is 63.0 Å². The predicted molar refractivity (Wildman–Crippen MR) is 80.5 cm³/mol. The second kappa shape index (κ2) is 6.79. The van der Waals surface area contributed by atoms with Crippen molar-refractivity contribution in [2.75, 3.05) is 20.2 Å². The lowest BCUT2D eigenvalue weighted by molar-refractivity contribution is -0.0156. The smallest absolute Gasteiger partial charge is 0.280 e. The number of hydrogen-bond donors (Lipinski definition) is 1. The molecule has 0 radical (unpaired) electrons. The van der Waals surface area contributed by atoms with Gasteiger partial charge in [-0.1, -0.05) is 19.3 Å². The van der Waals surface area contributed by atoms with Crippen LogP contribution in [-0.2, 0) is 4.74 Å². The van der Waals surface area contributed by atoms with Crippen molar-refractivity contribution in [1.82, 2.24) is 10.1 Å². The molecule has 5 heteroatoms.